The topological polar surface area (TPSA) is 0 Å². The van der Waals surface area contributed by atoms with Gasteiger partial charge in [-0.2, -0.15) is 0 Å². The molecule has 2 fully saturated rings. The summed E-state index contributed by atoms with van der Waals surface area (Å²) in [7, 11) is -0.151. The molecule has 0 spiro atoms. The Morgan fingerprint density at radius 3 is 2.13 bits per heavy atom. The van der Waals surface area contributed by atoms with Crippen molar-refractivity contribution in [2.45, 2.75) is 88.3 Å². The zero-order valence-corrected chi connectivity index (χ0v) is 19.0. The first-order chi connectivity index (χ1) is 14.6. The van der Waals surface area contributed by atoms with Crippen LogP contribution in [0.5, 0.6) is 0 Å². The van der Waals surface area contributed by atoms with Crippen molar-refractivity contribution in [1.29, 1.82) is 0 Å². The molecule has 0 aromatic heterocycles. The SMILES string of the molecule is CCC[Si]1CCC(c2ccc(-c3cc(F)c(F)c(F)c3)c(C3CCCCC3)c2)CC1. The fourth-order valence-electron chi connectivity index (χ4n) is 5.52. The summed E-state index contributed by atoms with van der Waals surface area (Å²) in [4.78, 5) is 0. The Hall–Kier alpha value is -1.55. The smallest absolute Gasteiger partial charge is 0.194 e. The van der Waals surface area contributed by atoms with Crippen LogP contribution in [0.15, 0.2) is 30.3 Å². The van der Waals surface area contributed by atoms with Gasteiger partial charge in [0.05, 0.1) is 0 Å². The van der Waals surface area contributed by atoms with Crippen LogP contribution in [0, 0.1) is 17.5 Å². The molecule has 1 saturated heterocycles. The molecule has 1 aliphatic heterocycles. The Labute approximate surface area is 180 Å². The van der Waals surface area contributed by atoms with E-state index in [-0.39, 0.29) is 8.80 Å². The predicted octanol–water partition coefficient (Wildman–Crippen LogP) is 8.60. The first-order valence-corrected chi connectivity index (χ1v) is 13.8. The Morgan fingerprint density at radius 1 is 0.833 bits per heavy atom. The van der Waals surface area contributed by atoms with E-state index in [4.69, 9.17) is 0 Å². The van der Waals surface area contributed by atoms with Crippen LogP contribution < -0.4 is 0 Å². The van der Waals surface area contributed by atoms with Gasteiger partial charge in [-0.25, -0.2) is 13.2 Å². The fraction of sp³-hybridized carbons (Fsp3) is 0.538. The average Bonchev–Trinajstić information content (AvgIpc) is 2.78. The summed E-state index contributed by atoms with van der Waals surface area (Å²) in [6.45, 7) is 2.29. The van der Waals surface area contributed by atoms with Crippen LogP contribution in [0.2, 0.25) is 18.1 Å². The van der Waals surface area contributed by atoms with E-state index >= 15 is 0 Å². The normalized spacial score (nSPS) is 19.3. The van der Waals surface area contributed by atoms with Gasteiger partial charge in [-0.1, -0.05) is 68.9 Å². The third-order valence-corrected chi connectivity index (χ3v) is 10.4. The molecular weight excluding hydrogens is 397 g/mol. The highest BCUT2D eigenvalue weighted by atomic mass is 28.3. The van der Waals surface area contributed by atoms with Crippen molar-refractivity contribution in [3.63, 3.8) is 0 Å². The Balaban J connectivity index is 1.67. The van der Waals surface area contributed by atoms with Crippen LogP contribution in [0.1, 0.15) is 81.3 Å². The molecule has 2 aromatic rings. The molecule has 1 aliphatic carbocycles. The first-order valence-electron chi connectivity index (χ1n) is 11.7. The molecule has 0 atom stereocenters. The lowest BCUT2D eigenvalue weighted by molar-refractivity contribution is 0.442. The van der Waals surface area contributed by atoms with E-state index in [2.05, 4.69) is 19.1 Å². The minimum atomic E-state index is -1.39. The van der Waals surface area contributed by atoms with Crippen molar-refractivity contribution in [2.24, 2.45) is 0 Å². The number of rotatable bonds is 5. The largest absolute Gasteiger partial charge is 0.204 e. The standard InChI is InChI=1S/C26H32F3Si/c1-2-12-30-13-10-18(11-14-30)20-8-9-22(21-16-24(27)26(29)25(28)17-21)23(15-20)19-6-4-3-5-7-19/h8-9,15-19H,2-7,10-14H2,1H3. The number of hydrogen-bond acceptors (Lipinski definition) is 0. The van der Waals surface area contributed by atoms with Gasteiger partial charge in [-0.3, -0.25) is 0 Å². The number of halogens is 3. The van der Waals surface area contributed by atoms with E-state index in [1.807, 2.05) is 6.07 Å². The lowest BCUT2D eigenvalue weighted by atomic mass is 9.78. The van der Waals surface area contributed by atoms with Crippen LogP contribution in [0.4, 0.5) is 13.2 Å². The highest BCUT2D eigenvalue weighted by molar-refractivity contribution is 6.59. The summed E-state index contributed by atoms with van der Waals surface area (Å²) in [6.07, 6.45) is 9.77. The molecular formula is C26H32F3Si. The van der Waals surface area contributed by atoms with Gasteiger partial charge in [0, 0.05) is 8.80 Å². The second-order valence-electron chi connectivity index (χ2n) is 9.21. The molecule has 2 aliphatic rings. The highest BCUT2D eigenvalue weighted by Gasteiger charge is 2.26. The average molecular weight is 430 g/mol. The quantitative estimate of drug-likeness (QED) is 0.330. The second-order valence-corrected chi connectivity index (χ2v) is 12.2. The molecule has 1 heterocycles. The van der Waals surface area contributed by atoms with Crippen molar-refractivity contribution in [3.8, 4) is 11.1 Å². The molecule has 0 nitrogen and oxygen atoms in total. The molecule has 0 unspecified atom stereocenters. The van der Waals surface area contributed by atoms with Gasteiger partial charge in [-0.05, 0) is 71.9 Å². The van der Waals surface area contributed by atoms with E-state index in [1.54, 1.807) is 0 Å². The molecule has 0 N–H and O–H groups in total. The third kappa shape index (κ3) is 4.69. The van der Waals surface area contributed by atoms with Crippen LogP contribution in [0.25, 0.3) is 11.1 Å². The van der Waals surface area contributed by atoms with E-state index in [0.717, 1.165) is 30.5 Å². The predicted molar refractivity (Wildman–Crippen MR) is 120 cm³/mol. The summed E-state index contributed by atoms with van der Waals surface area (Å²) < 4.78 is 41.4. The lowest BCUT2D eigenvalue weighted by Crippen LogP contribution is -2.20. The maximum Gasteiger partial charge on any atom is 0.194 e. The fourth-order valence-corrected chi connectivity index (χ4v) is 8.49. The highest BCUT2D eigenvalue weighted by Crippen LogP contribution is 2.42. The molecule has 1 saturated carbocycles. The van der Waals surface area contributed by atoms with Crippen LogP contribution in [-0.4, -0.2) is 8.80 Å². The Kier molecular flexibility index (Phi) is 7.02. The summed E-state index contributed by atoms with van der Waals surface area (Å²) in [5.41, 5.74) is 3.92. The Morgan fingerprint density at radius 2 is 1.50 bits per heavy atom. The molecule has 1 radical (unpaired) electrons. The van der Waals surface area contributed by atoms with Crippen molar-refractivity contribution in [3.05, 3.63) is 58.9 Å². The van der Waals surface area contributed by atoms with E-state index in [1.165, 1.54) is 67.8 Å². The van der Waals surface area contributed by atoms with Gasteiger partial charge in [0.1, 0.15) is 0 Å². The van der Waals surface area contributed by atoms with Gasteiger partial charge in [0.15, 0.2) is 17.5 Å². The summed E-state index contributed by atoms with van der Waals surface area (Å²) in [6, 6.07) is 13.1. The maximum absolute atomic E-state index is 14.0. The molecule has 0 bridgehead atoms. The Bertz CT molecular complexity index is 842. The van der Waals surface area contributed by atoms with Crippen molar-refractivity contribution >= 4 is 8.80 Å². The first kappa shape index (κ1) is 21.7. The number of benzene rings is 2. The molecule has 4 heteroatoms. The summed E-state index contributed by atoms with van der Waals surface area (Å²) in [5.74, 6) is -2.58. The van der Waals surface area contributed by atoms with Crippen molar-refractivity contribution in [1.82, 2.24) is 0 Å². The summed E-state index contributed by atoms with van der Waals surface area (Å²) in [5, 5.41) is 0. The zero-order valence-electron chi connectivity index (χ0n) is 18.0. The summed E-state index contributed by atoms with van der Waals surface area (Å²) >= 11 is 0. The maximum atomic E-state index is 14.0. The van der Waals surface area contributed by atoms with Gasteiger partial charge in [0.2, 0.25) is 0 Å². The van der Waals surface area contributed by atoms with Gasteiger partial charge >= 0.3 is 0 Å². The third-order valence-electron chi connectivity index (χ3n) is 7.18. The zero-order chi connectivity index (χ0) is 21.1. The number of hydrogen-bond donors (Lipinski definition) is 0. The molecule has 161 valence electrons. The molecule has 30 heavy (non-hydrogen) atoms. The van der Waals surface area contributed by atoms with E-state index in [0.29, 0.717) is 17.4 Å². The van der Waals surface area contributed by atoms with Crippen molar-refractivity contribution < 1.29 is 13.2 Å². The minimum Gasteiger partial charge on any atom is -0.204 e. The lowest BCUT2D eigenvalue weighted by Gasteiger charge is -2.30. The molecule has 0 amide bonds. The monoisotopic (exact) mass is 429 g/mol. The van der Waals surface area contributed by atoms with E-state index in [9.17, 15) is 13.2 Å². The van der Waals surface area contributed by atoms with Gasteiger partial charge in [0.25, 0.3) is 0 Å². The molecule has 2 aromatic carbocycles. The van der Waals surface area contributed by atoms with Gasteiger partial charge < -0.3 is 0 Å². The van der Waals surface area contributed by atoms with Crippen molar-refractivity contribution in [2.75, 3.05) is 0 Å². The van der Waals surface area contributed by atoms with Crippen LogP contribution in [0.3, 0.4) is 0 Å². The van der Waals surface area contributed by atoms with Crippen LogP contribution >= 0.6 is 0 Å². The van der Waals surface area contributed by atoms with E-state index < -0.39 is 17.5 Å². The molecule has 4 rings (SSSR count). The van der Waals surface area contributed by atoms with Crippen LogP contribution in [-0.2, 0) is 0 Å². The van der Waals surface area contributed by atoms with Gasteiger partial charge in [-0.15, -0.1) is 0 Å². The minimum absolute atomic E-state index is 0.151. The second kappa shape index (κ2) is 9.72.